The molecule has 0 radical (unpaired) electrons. The van der Waals surface area contributed by atoms with Gasteiger partial charge in [0.1, 0.15) is 6.54 Å². The number of aliphatic hydroxyl groups excluding tert-OH is 1. The molecule has 0 fully saturated rings. The summed E-state index contributed by atoms with van der Waals surface area (Å²) >= 11 is 0. The van der Waals surface area contributed by atoms with Crippen molar-refractivity contribution >= 4 is 12.4 Å². The van der Waals surface area contributed by atoms with Crippen molar-refractivity contribution in [2.24, 2.45) is 0 Å². The predicted molar refractivity (Wildman–Crippen MR) is 36.7 cm³/mol. The minimum absolute atomic E-state index is 0.111. The average molecular weight is 161 g/mol. The standard InChI is InChI=1S/C6H11NO4/c1-11-6(10)4-7(5-9)2-3-8/h5,8H,2-4H2,1H3. The summed E-state index contributed by atoms with van der Waals surface area (Å²) in [6.45, 7) is -0.116. The summed E-state index contributed by atoms with van der Waals surface area (Å²) in [6.07, 6.45) is 0.493. The average Bonchev–Trinajstić information content (AvgIpc) is 2.03. The van der Waals surface area contributed by atoms with Gasteiger partial charge in [0.15, 0.2) is 0 Å². The first-order valence-electron chi connectivity index (χ1n) is 3.11. The van der Waals surface area contributed by atoms with Crippen molar-refractivity contribution in [3.8, 4) is 0 Å². The lowest BCUT2D eigenvalue weighted by atomic mass is 10.5. The van der Waals surface area contributed by atoms with Gasteiger partial charge in [-0.05, 0) is 0 Å². The lowest BCUT2D eigenvalue weighted by Crippen LogP contribution is -2.31. The molecule has 0 saturated heterocycles. The molecule has 5 heteroatoms. The number of rotatable bonds is 5. The summed E-state index contributed by atoms with van der Waals surface area (Å²) in [5, 5.41) is 8.40. The molecule has 0 aromatic heterocycles. The second kappa shape index (κ2) is 5.67. The Labute approximate surface area is 64.6 Å². The molecule has 1 amide bonds. The highest BCUT2D eigenvalue weighted by atomic mass is 16.5. The van der Waals surface area contributed by atoms with Crippen LogP contribution in [0.4, 0.5) is 0 Å². The van der Waals surface area contributed by atoms with Crippen molar-refractivity contribution < 1.29 is 19.4 Å². The van der Waals surface area contributed by atoms with Gasteiger partial charge < -0.3 is 14.7 Å². The number of methoxy groups -OCH3 is 1. The Morgan fingerprint density at radius 2 is 2.36 bits per heavy atom. The summed E-state index contributed by atoms with van der Waals surface area (Å²) < 4.78 is 4.31. The maximum Gasteiger partial charge on any atom is 0.325 e. The molecule has 0 spiro atoms. The maximum atomic E-state index is 10.6. The zero-order valence-corrected chi connectivity index (χ0v) is 6.32. The summed E-state index contributed by atoms with van der Waals surface area (Å²) in [7, 11) is 1.24. The van der Waals surface area contributed by atoms with Gasteiger partial charge in [0.2, 0.25) is 6.41 Å². The van der Waals surface area contributed by atoms with Gasteiger partial charge in [-0.1, -0.05) is 0 Å². The van der Waals surface area contributed by atoms with Gasteiger partial charge >= 0.3 is 5.97 Å². The Morgan fingerprint density at radius 3 is 2.73 bits per heavy atom. The van der Waals surface area contributed by atoms with Crippen molar-refractivity contribution in [2.75, 3.05) is 26.8 Å². The molecule has 1 N–H and O–H groups in total. The van der Waals surface area contributed by atoms with Crippen LogP contribution < -0.4 is 0 Å². The van der Waals surface area contributed by atoms with E-state index in [0.29, 0.717) is 6.41 Å². The number of aliphatic hydroxyl groups is 1. The van der Waals surface area contributed by atoms with Gasteiger partial charge in [0.25, 0.3) is 0 Å². The SMILES string of the molecule is COC(=O)CN(C=O)CCO. The third-order valence-corrected chi connectivity index (χ3v) is 1.10. The van der Waals surface area contributed by atoms with E-state index in [1.165, 1.54) is 7.11 Å². The summed E-state index contributed by atoms with van der Waals surface area (Å²) in [4.78, 5) is 21.8. The number of carbonyl (C=O) groups excluding carboxylic acids is 2. The third kappa shape index (κ3) is 4.32. The number of amides is 1. The van der Waals surface area contributed by atoms with Crippen LogP contribution in [0.25, 0.3) is 0 Å². The minimum Gasteiger partial charge on any atom is -0.468 e. The first kappa shape index (κ1) is 9.90. The van der Waals surface area contributed by atoms with Gasteiger partial charge in [-0.3, -0.25) is 9.59 Å². The fourth-order valence-electron chi connectivity index (χ4n) is 0.528. The first-order chi connectivity index (χ1) is 5.24. The molecule has 0 atom stereocenters. The number of nitrogens with zero attached hydrogens (tertiary/aromatic N) is 1. The zero-order chi connectivity index (χ0) is 8.69. The third-order valence-electron chi connectivity index (χ3n) is 1.10. The molecule has 0 aliphatic heterocycles. The fraction of sp³-hybridized carbons (Fsp3) is 0.667. The molecule has 5 nitrogen and oxygen atoms in total. The molecular formula is C6H11NO4. The number of carbonyl (C=O) groups is 2. The van der Waals surface area contributed by atoms with E-state index in [-0.39, 0.29) is 19.7 Å². The molecule has 0 aromatic carbocycles. The van der Waals surface area contributed by atoms with Crippen LogP contribution in [0.3, 0.4) is 0 Å². The van der Waals surface area contributed by atoms with E-state index in [4.69, 9.17) is 5.11 Å². The van der Waals surface area contributed by atoms with Crippen molar-refractivity contribution in [2.45, 2.75) is 0 Å². The molecule has 0 bridgehead atoms. The van der Waals surface area contributed by atoms with Gasteiger partial charge in [-0.15, -0.1) is 0 Å². The number of hydrogen-bond acceptors (Lipinski definition) is 4. The van der Waals surface area contributed by atoms with Crippen LogP contribution in [0, 0.1) is 0 Å². The van der Waals surface area contributed by atoms with E-state index >= 15 is 0 Å². The van der Waals surface area contributed by atoms with Gasteiger partial charge in [0, 0.05) is 6.54 Å². The van der Waals surface area contributed by atoms with E-state index in [1.54, 1.807) is 0 Å². The highest BCUT2D eigenvalue weighted by molar-refractivity contribution is 5.73. The molecule has 0 rings (SSSR count). The lowest BCUT2D eigenvalue weighted by Gasteiger charge is -2.12. The maximum absolute atomic E-state index is 10.6. The zero-order valence-electron chi connectivity index (χ0n) is 6.32. The lowest BCUT2D eigenvalue weighted by molar-refractivity contribution is -0.144. The smallest absolute Gasteiger partial charge is 0.325 e. The number of ether oxygens (including phenoxy) is 1. The Bertz CT molecular complexity index is 137. The largest absolute Gasteiger partial charge is 0.468 e. The van der Waals surface area contributed by atoms with Crippen molar-refractivity contribution in [1.29, 1.82) is 0 Å². The van der Waals surface area contributed by atoms with Crippen LogP contribution in [0.2, 0.25) is 0 Å². The van der Waals surface area contributed by atoms with Crippen molar-refractivity contribution in [1.82, 2.24) is 4.90 Å². The number of hydrogen-bond donors (Lipinski definition) is 1. The molecular weight excluding hydrogens is 150 g/mol. The molecule has 0 aromatic rings. The first-order valence-corrected chi connectivity index (χ1v) is 3.11. The van der Waals surface area contributed by atoms with E-state index in [2.05, 4.69) is 4.74 Å². The fourth-order valence-corrected chi connectivity index (χ4v) is 0.528. The van der Waals surface area contributed by atoms with Gasteiger partial charge in [-0.25, -0.2) is 0 Å². The van der Waals surface area contributed by atoms with Crippen molar-refractivity contribution in [3.63, 3.8) is 0 Å². The number of esters is 1. The van der Waals surface area contributed by atoms with Crippen LogP contribution in [0.15, 0.2) is 0 Å². The summed E-state index contributed by atoms with van der Waals surface area (Å²) in [5.41, 5.74) is 0. The van der Waals surface area contributed by atoms with E-state index < -0.39 is 5.97 Å². The van der Waals surface area contributed by atoms with Crippen LogP contribution in [-0.2, 0) is 14.3 Å². The van der Waals surface area contributed by atoms with Crippen LogP contribution in [0.1, 0.15) is 0 Å². The Hall–Kier alpha value is -1.10. The normalized spacial score (nSPS) is 8.91. The van der Waals surface area contributed by atoms with Crippen LogP contribution in [-0.4, -0.2) is 49.2 Å². The summed E-state index contributed by atoms with van der Waals surface area (Å²) in [5.74, 6) is -0.495. The predicted octanol–water partition coefficient (Wildman–Crippen LogP) is -1.39. The second-order valence-corrected chi connectivity index (χ2v) is 1.88. The van der Waals surface area contributed by atoms with Gasteiger partial charge in [0.05, 0.1) is 13.7 Å². The van der Waals surface area contributed by atoms with Gasteiger partial charge in [-0.2, -0.15) is 0 Å². The van der Waals surface area contributed by atoms with Crippen LogP contribution in [0.5, 0.6) is 0 Å². The van der Waals surface area contributed by atoms with E-state index in [0.717, 1.165) is 4.90 Å². The molecule has 64 valence electrons. The monoisotopic (exact) mass is 161 g/mol. The van der Waals surface area contributed by atoms with E-state index in [1.807, 2.05) is 0 Å². The molecule has 0 aliphatic carbocycles. The van der Waals surface area contributed by atoms with Crippen molar-refractivity contribution in [3.05, 3.63) is 0 Å². The Balaban J connectivity index is 3.67. The highest BCUT2D eigenvalue weighted by Gasteiger charge is 2.06. The highest BCUT2D eigenvalue weighted by Crippen LogP contribution is 1.83. The molecule has 0 heterocycles. The quantitative estimate of drug-likeness (QED) is 0.398. The summed E-state index contributed by atoms with van der Waals surface area (Å²) in [6, 6.07) is 0. The Kier molecular flexibility index (Phi) is 5.10. The van der Waals surface area contributed by atoms with Crippen LogP contribution >= 0.6 is 0 Å². The molecule has 11 heavy (non-hydrogen) atoms. The second-order valence-electron chi connectivity index (χ2n) is 1.88. The van der Waals surface area contributed by atoms with E-state index in [9.17, 15) is 9.59 Å². The molecule has 0 unspecified atom stereocenters. The minimum atomic E-state index is -0.495. The Morgan fingerprint density at radius 1 is 1.73 bits per heavy atom. The molecule has 0 saturated carbocycles. The topological polar surface area (TPSA) is 66.8 Å². The molecule has 0 aliphatic rings.